The molecule has 0 radical (unpaired) electrons. The lowest BCUT2D eigenvalue weighted by atomic mass is 10.0. The molecule has 5 nitrogen and oxygen atoms in total. The number of ketones is 1. The molecule has 2 aromatic rings. The molecule has 0 aliphatic rings. The fourth-order valence-corrected chi connectivity index (χ4v) is 2.08. The molecule has 2 rings (SSSR count). The first-order valence-electron chi connectivity index (χ1n) is 7.87. The van der Waals surface area contributed by atoms with Gasteiger partial charge in [-0.25, -0.2) is 4.79 Å². The molecule has 0 N–H and O–H groups in total. The van der Waals surface area contributed by atoms with Crippen LogP contribution < -0.4 is 4.74 Å². The molecule has 25 heavy (non-hydrogen) atoms. The Morgan fingerprint density at radius 3 is 2.28 bits per heavy atom. The van der Waals surface area contributed by atoms with E-state index in [4.69, 9.17) is 14.2 Å². The van der Waals surface area contributed by atoms with Gasteiger partial charge >= 0.3 is 5.97 Å². The Balaban J connectivity index is 1.82. The van der Waals surface area contributed by atoms with E-state index >= 15 is 0 Å². The molecular weight excluding hydrogens is 320 g/mol. The highest BCUT2D eigenvalue weighted by Crippen LogP contribution is 2.17. The van der Waals surface area contributed by atoms with Gasteiger partial charge in [0.2, 0.25) is 0 Å². The van der Waals surface area contributed by atoms with E-state index in [1.54, 1.807) is 43.3 Å². The first-order valence-corrected chi connectivity index (χ1v) is 7.87. The molecule has 0 amide bonds. The van der Waals surface area contributed by atoms with Crippen molar-refractivity contribution in [3.05, 3.63) is 78.4 Å². The summed E-state index contributed by atoms with van der Waals surface area (Å²) in [5.74, 6) is 0.0523. The molecule has 0 aliphatic heterocycles. The molecule has 0 spiro atoms. The van der Waals surface area contributed by atoms with Gasteiger partial charge in [-0.3, -0.25) is 4.79 Å². The predicted molar refractivity (Wildman–Crippen MR) is 93.5 cm³/mol. The normalized spacial score (nSPS) is 11.4. The van der Waals surface area contributed by atoms with Crippen molar-refractivity contribution in [1.82, 2.24) is 0 Å². The molecule has 0 fully saturated rings. The van der Waals surface area contributed by atoms with E-state index in [9.17, 15) is 9.59 Å². The van der Waals surface area contributed by atoms with E-state index in [1.165, 1.54) is 0 Å². The Morgan fingerprint density at radius 1 is 1.00 bits per heavy atom. The summed E-state index contributed by atoms with van der Waals surface area (Å²) >= 11 is 0. The van der Waals surface area contributed by atoms with Gasteiger partial charge in [-0.1, -0.05) is 36.9 Å². The van der Waals surface area contributed by atoms with Crippen LogP contribution in [0.5, 0.6) is 5.75 Å². The third-order valence-electron chi connectivity index (χ3n) is 3.30. The second-order valence-electron chi connectivity index (χ2n) is 5.15. The number of benzene rings is 2. The van der Waals surface area contributed by atoms with Crippen LogP contribution in [0.2, 0.25) is 0 Å². The van der Waals surface area contributed by atoms with Crippen molar-refractivity contribution in [3.63, 3.8) is 0 Å². The van der Waals surface area contributed by atoms with E-state index in [1.807, 2.05) is 18.2 Å². The Kier molecular flexibility index (Phi) is 6.92. The van der Waals surface area contributed by atoms with Crippen molar-refractivity contribution < 1.29 is 23.8 Å². The largest absolute Gasteiger partial charge is 0.465 e. The molecule has 0 bridgehead atoms. The zero-order valence-corrected chi connectivity index (χ0v) is 14.0. The maximum absolute atomic E-state index is 12.3. The van der Waals surface area contributed by atoms with Crippen molar-refractivity contribution in [3.8, 4) is 5.75 Å². The van der Waals surface area contributed by atoms with Crippen LogP contribution in [0, 0.1) is 0 Å². The monoisotopic (exact) mass is 340 g/mol. The van der Waals surface area contributed by atoms with E-state index in [2.05, 4.69) is 6.58 Å². The van der Waals surface area contributed by atoms with Crippen molar-refractivity contribution in [1.29, 1.82) is 0 Å². The van der Waals surface area contributed by atoms with Gasteiger partial charge in [-0.2, -0.15) is 0 Å². The summed E-state index contributed by atoms with van der Waals surface area (Å²) in [6, 6.07) is 15.9. The van der Waals surface area contributed by atoms with Crippen LogP contribution >= 0.6 is 0 Å². The molecule has 130 valence electrons. The van der Waals surface area contributed by atoms with E-state index in [0.29, 0.717) is 16.9 Å². The van der Waals surface area contributed by atoms with Gasteiger partial charge in [0.05, 0.1) is 6.61 Å². The van der Waals surface area contributed by atoms with Crippen LogP contribution in [0.25, 0.3) is 0 Å². The number of hydrogen-bond acceptors (Lipinski definition) is 5. The Labute approximate surface area is 146 Å². The van der Waals surface area contributed by atoms with E-state index in [-0.39, 0.29) is 19.0 Å². The second-order valence-corrected chi connectivity index (χ2v) is 5.15. The highest BCUT2D eigenvalue weighted by Gasteiger charge is 2.09. The van der Waals surface area contributed by atoms with Gasteiger partial charge in [0.15, 0.2) is 12.1 Å². The SMILES string of the molecule is C=CC(=O)OCCOC(C)Oc1ccc(C(=O)c2ccccc2)cc1. The molecule has 0 heterocycles. The van der Waals surface area contributed by atoms with Crippen LogP contribution in [-0.4, -0.2) is 31.3 Å². The minimum atomic E-state index is -0.516. The zero-order chi connectivity index (χ0) is 18.1. The molecule has 5 heteroatoms. The first-order chi connectivity index (χ1) is 12.1. The van der Waals surface area contributed by atoms with E-state index < -0.39 is 12.3 Å². The van der Waals surface area contributed by atoms with Gasteiger partial charge in [0.1, 0.15) is 12.4 Å². The quantitative estimate of drug-likeness (QED) is 0.230. The second kappa shape index (κ2) is 9.39. The molecule has 0 aliphatic carbocycles. The van der Waals surface area contributed by atoms with Gasteiger partial charge in [-0.15, -0.1) is 0 Å². The van der Waals surface area contributed by atoms with Crippen molar-refractivity contribution in [2.24, 2.45) is 0 Å². The van der Waals surface area contributed by atoms with Crippen LogP contribution in [-0.2, 0) is 14.3 Å². The van der Waals surface area contributed by atoms with Crippen LogP contribution in [0.4, 0.5) is 0 Å². The molecule has 1 unspecified atom stereocenters. The smallest absolute Gasteiger partial charge is 0.330 e. The predicted octanol–water partition coefficient (Wildman–Crippen LogP) is 3.39. The van der Waals surface area contributed by atoms with Crippen molar-refractivity contribution >= 4 is 11.8 Å². The summed E-state index contributed by atoms with van der Waals surface area (Å²) in [5, 5.41) is 0. The molecule has 2 aromatic carbocycles. The van der Waals surface area contributed by atoms with Crippen LogP contribution in [0.15, 0.2) is 67.3 Å². The number of hydrogen-bond donors (Lipinski definition) is 0. The first kappa shape index (κ1) is 18.4. The average Bonchev–Trinajstić information content (AvgIpc) is 2.65. The lowest BCUT2D eigenvalue weighted by molar-refractivity contribution is -0.142. The fraction of sp³-hybridized carbons (Fsp3) is 0.200. The molecule has 1 atom stereocenters. The number of carbonyl (C=O) groups excluding carboxylic acids is 2. The van der Waals surface area contributed by atoms with Crippen molar-refractivity contribution in [2.45, 2.75) is 13.2 Å². The minimum absolute atomic E-state index is 0.0412. The summed E-state index contributed by atoms with van der Waals surface area (Å²) in [7, 11) is 0. The Bertz CT molecular complexity index is 707. The minimum Gasteiger partial charge on any atom is -0.465 e. The summed E-state index contributed by atoms with van der Waals surface area (Å²) in [6.45, 7) is 5.38. The average molecular weight is 340 g/mol. The molecule has 0 saturated carbocycles. The van der Waals surface area contributed by atoms with Crippen molar-refractivity contribution in [2.75, 3.05) is 13.2 Å². The molecule has 0 aromatic heterocycles. The fourth-order valence-electron chi connectivity index (χ4n) is 2.08. The van der Waals surface area contributed by atoms with Crippen LogP contribution in [0.1, 0.15) is 22.8 Å². The zero-order valence-electron chi connectivity index (χ0n) is 14.0. The number of esters is 1. The summed E-state index contributed by atoms with van der Waals surface area (Å²) in [5.41, 5.74) is 1.23. The Hall–Kier alpha value is -2.92. The summed E-state index contributed by atoms with van der Waals surface area (Å²) < 4.78 is 15.8. The number of carbonyl (C=O) groups is 2. The van der Waals surface area contributed by atoms with Gasteiger partial charge < -0.3 is 14.2 Å². The number of rotatable bonds is 9. The van der Waals surface area contributed by atoms with Gasteiger partial charge in [0.25, 0.3) is 0 Å². The Morgan fingerprint density at radius 2 is 1.64 bits per heavy atom. The summed E-state index contributed by atoms with van der Waals surface area (Å²) in [4.78, 5) is 23.2. The standard InChI is InChI=1S/C20H20O5/c1-3-19(21)24-14-13-23-15(2)25-18-11-9-17(10-12-18)20(22)16-7-5-4-6-8-16/h3-12,15H,1,13-14H2,2H3. The highest BCUT2D eigenvalue weighted by molar-refractivity contribution is 6.08. The highest BCUT2D eigenvalue weighted by atomic mass is 16.7. The maximum atomic E-state index is 12.3. The lowest BCUT2D eigenvalue weighted by Crippen LogP contribution is -2.19. The molecule has 0 saturated heterocycles. The topological polar surface area (TPSA) is 61.8 Å². The maximum Gasteiger partial charge on any atom is 0.330 e. The lowest BCUT2D eigenvalue weighted by Gasteiger charge is -2.15. The summed E-state index contributed by atoms with van der Waals surface area (Å²) in [6.07, 6.45) is 0.580. The van der Waals surface area contributed by atoms with Crippen LogP contribution in [0.3, 0.4) is 0 Å². The molecular formula is C20H20O5. The van der Waals surface area contributed by atoms with Gasteiger partial charge in [0, 0.05) is 17.2 Å². The van der Waals surface area contributed by atoms with E-state index in [0.717, 1.165) is 6.08 Å². The third-order valence-corrected chi connectivity index (χ3v) is 3.30. The van der Waals surface area contributed by atoms with Gasteiger partial charge in [-0.05, 0) is 31.2 Å². The third kappa shape index (κ3) is 5.90. The number of ether oxygens (including phenoxy) is 3.